The maximum absolute atomic E-state index is 5.54. The summed E-state index contributed by atoms with van der Waals surface area (Å²) >= 11 is 7.51. The number of aromatic nitrogens is 2. The van der Waals surface area contributed by atoms with Crippen molar-refractivity contribution in [2.45, 2.75) is 0 Å². The molecule has 5 heteroatoms. The molecule has 48 valence electrons. The van der Waals surface area contributed by atoms with E-state index in [9.17, 15) is 0 Å². The quantitative estimate of drug-likeness (QED) is 0.711. The normalized spacial score (nSPS) is 9.56. The molecule has 0 aromatic carbocycles. The van der Waals surface area contributed by atoms with E-state index in [4.69, 9.17) is 17.3 Å². The molecular weight excluding hydrogens is 252 g/mol. The number of hydrogen-bond donors (Lipinski definition) is 1. The summed E-state index contributed by atoms with van der Waals surface area (Å²) in [6, 6.07) is 0. The Morgan fingerprint density at radius 3 is 2.78 bits per heavy atom. The predicted octanol–water partition coefficient (Wildman–Crippen LogP) is 1.32. The highest BCUT2D eigenvalue weighted by Crippen LogP contribution is 2.12. The molecule has 1 rings (SSSR count). The topological polar surface area (TPSA) is 51.8 Å². The van der Waals surface area contributed by atoms with Crippen molar-refractivity contribution in [1.82, 2.24) is 9.97 Å². The van der Waals surface area contributed by atoms with Crippen LogP contribution in [0.5, 0.6) is 0 Å². The van der Waals surface area contributed by atoms with Gasteiger partial charge in [0, 0.05) is 0 Å². The van der Waals surface area contributed by atoms with Gasteiger partial charge in [-0.1, -0.05) is 11.6 Å². The third-order valence-electron chi connectivity index (χ3n) is 0.708. The first-order chi connectivity index (χ1) is 4.20. The Morgan fingerprint density at radius 2 is 2.33 bits per heavy atom. The second-order valence-corrected chi connectivity index (χ2v) is 2.76. The van der Waals surface area contributed by atoms with E-state index in [-0.39, 0.29) is 0 Å². The Bertz CT molecular complexity index is 227. The van der Waals surface area contributed by atoms with E-state index < -0.39 is 0 Å². The molecule has 2 N–H and O–H groups in total. The van der Waals surface area contributed by atoms with E-state index in [0.29, 0.717) is 14.7 Å². The van der Waals surface area contributed by atoms with E-state index in [1.807, 2.05) is 22.6 Å². The van der Waals surface area contributed by atoms with E-state index >= 15 is 0 Å². The summed E-state index contributed by atoms with van der Waals surface area (Å²) in [6.45, 7) is 0. The van der Waals surface area contributed by atoms with Gasteiger partial charge >= 0.3 is 0 Å². The zero-order valence-electron chi connectivity index (χ0n) is 4.31. The number of anilines is 1. The summed E-state index contributed by atoms with van der Waals surface area (Å²) in [5.74, 6) is 0.392. The van der Waals surface area contributed by atoms with Crippen molar-refractivity contribution in [1.29, 1.82) is 0 Å². The number of hydrogen-bond acceptors (Lipinski definition) is 3. The first-order valence-corrected chi connectivity index (χ1v) is 3.59. The smallest absolute Gasteiger partial charge is 0.161 e. The molecule has 0 unspecified atom stereocenters. The molecule has 0 aliphatic carbocycles. The van der Waals surface area contributed by atoms with Gasteiger partial charge in [-0.15, -0.1) is 0 Å². The van der Waals surface area contributed by atoms with Crippen LogP contribution in [0.25, 0.3) is 0 Å². The minimum absolute atomic E-state index is 0.392. The average Bonchev–Trinajstić information content (AvgIpc) is 1.80. The van der Waals surface area contributed by atoms with Crippen LogP contribution in [0.1, 0.15) is 0 Å². The Kier molecular flexibility index (Phi) is 2.07. The van der Waals surface area contributed by atoms with Gasteiger partial charge in [-0.25, -0.2) is 9.97 Å². The zero-order chi connectivity index (χ0) is 6.85. The molecule has 1 aromatic heterocycles. The Hall–Kier alpha value is -0.100. The number of halogens is 2. The van der Waals surface area contributed by atoms with E-state index in [0.717, 1.165) is 0 Å². The highest BCUT2D eigenvalue weighted by Gasteiger charge is 1.97. The summed E-state index contributed by atoms with van der Waals surface area (Å²) in [5.41, 5.74) is 5.29. The molecule has 0 atom stereocenters. The number of nitrogens with zero attached hydrogens (tertiary/aromatic N) is 2. The summed E-state index contributed by atoms with van der Waals surface area (Å²) in [4.78, 5) is 7.59. The fraction of sp³-hybridized carbons (Fsp3) is 0. The van der Waals surface area contributed by atoms with Gasteiger partial charge in [0.05, 0.1) is 6.20 Å². The van der Waals surface area contributed by atoms with Crippen LogP contribution in [0, 0.1) is 3.70 Å². The molecule has 0 aliphatic heterocycles. The van der Waals surface area contributed by atoms with Crippen LogP contribution in [0.2, 0.25) is 5.15 Å². The summed E-state index contributed by atoms with van der Waals surface area (Å²) in [6.07, 6.45) is 1.42. The number of nitrogens with two attached hydrogens (primary N) is 1. The lowest BCUT2D eigenvalue weighted by Crippen LogP contribution is -1.93. The molecule has 0 saturated carbocycles. The summed E-state index contributed by atoms with van der Waals surface area (Å²) in [7, 11) is 0. The second kappa shape index (κ2) is 2.66. The van der Waals surface area contributed by atoms with Crippen LogP contribution in [0.15, 0.2) is 6.20 Å². The lowest BCUT2D eigenvalue weighted by Gasteiger charge is -1.92. The summed E-state index contributed by atoms with van der Waals surface area (Å²) in [5, 5.41) is 0.393. The van der Waals surface area contributed by atoms with Crippen molar-refractivity contribution in [3.05, 3.63) is 15.1 Å². The average molecular weight is 255 g/mol. The molecule has 3 nitrogen and oxygen atoms in total. The van der Waals surface area contributed by atoms with Crippen molar-refractivity contribution >= 4 is 40.0 Å². The molecule has 0 radical (unpaired) electrons. The lowest BCUT2D eigenvalue weighted by molar-refractivity contribution is 1.17. The van der Waals surface area contributed by atoms with Crippen molar-refractivity contribution in [3.8, 4) is 0 Å². The highest BCUT2D eigenvalue weighted by molar-refractivity contribution is 14.1. The van der Waals surface area contributed by atoms with Crippen LogP contribution in [0.3, 0.4) is 0 Å². The third-order valence-corrected chi connectivity index (χ3v) is 2.06. The monoisotopic (exact) mass is 255 g/mol. The zero-order valence-corrected chi connectivity index (χ0v) is 7.22. The van der Waals surface area contributed by atoms with E-state index in [1.54, 1.807) is 0 Å². The van der Waals surface area contributed by atoms with Gasteiger partial charge in [0.15, 0.2) is 5.15 Å². The molecule has 0 saturated heterocycles. The standard InChI is InChI=1S/C4H3ClIN3/c5-3-4(6)9-2(7)1-8-3/h1H,(H2,7,9). The first kappa shape index (κ1) is 7.01. The highest BCUT2D eigenvalue weighted by atomic mass is 127. The molecule has 1 aromatic rings. The summed E-state index contributed by atoms with van der Waals surface area (Å²) < 4.78 is 0.634. The minimum Gasteiger partial charge on any atom is -0.382 e. The van der Waals surface area contributed by atoms with Gasteiger partial charge in [0.25, 0.3) is 0 Å². The second-order valence-electron chi connectivity index (χ2n) is 1.38. The maximum Gasteiger partial charge on any atom is 0.161 e. The number of nitrogen functional groups attached to an aromatic ring is 1. The Morgan fingerprint density at radius 1 is 1.67 bits per heavy atom. The van der Waals surface area contributed by atoms with Crippen LogP contribution >= 0.6 is 34.2 Å². The largest absolute Gasteiger partial charge is 0.382 e. The van der Waals surface area contributed by atoms with Crippen LogP contribution in [-0.4, -0.2) is 9.97 Å². The minimum atomic E-state index is 0.392. The molecule has 9 heavy (non-hydrogen) atoms. The fourth-order valence-corrected chi connectivity index (χ4v) is 0.873. The number of rotatable bonds is 0. The van der Waals surface area contributed by atoms with Crippen LogP contribution in [-0.2, 0) is 0 Å². The van der Waals surface area contributed by atoms with Crippen molar-refractivity contribution in [2.75, 3.05) is 5.73 Å². The molecule has 1 heterocycles. The van der Waals surface area contributed by atoms with Gasteiger partial charge in [0.1, 0.15) is 9.52 Å². The van der Waals surface area contributed by atoms with Gasteiger partial charge in [-0.05, 0) is 22.6 Å². The van der Waals surface area contributed by atoms with Gasteiger partial charge < -0.3 is 5.73 Å². The molecule has 0 fully saturated rings. The lowest BCUT2D eigenvalue weighted by atomic mass is 10.7. The predicted molar refractivity (Wildman–Crippen MR) is 44.2 cm³/mol. The van der Waals surface area contributed by atoms with Crippen molar-refractivity contribution in [2.24, 2.45) is 0 Å². The van der Waals surface area contributed by atoms with Gasteiger partial charge in [-0.3, -0.25) is 0 Å². The maximum atomic E-state index is 5.54. The van der Waals surface area contributed by atoms with Gasteiger partial charge in [0.2, 0.25) is 0 Å². The molecule has 0 amide bonds. The first-order valence-electron chi connectivity index (χ1n) is 2.13. The molecule has 0 spiro atoms. The van der Waals surface area contributed by atoms with Crippen LogP contribution < -0.4 is 5.73 Å². The molecule has 0 bridgehead atoms. The van der Waals surface area contributed by atoms with Crippen molar-refractivity contribution < 1.29 is 0 Å². The Balaban J connectivity index is 3.17. The molecule has 0 aliphatic rings. The van der Waals surface area contributed by atoms with E-state index in [1.165, 1.54) is 6.20 Å². The Labute approximate surface area is 70.8 Å². The molecular formula is C4H3ClIN3. The third kappa shape index (κ3) is 1.65. The van der Waals surface area contributed by atoms with Gasteiger partial charge in [-0.2, -0.15) is 0 Å². The SMILES string of the molecule is Nc1cnc(Cl)c(I)n1. The van der Waals surface area contributed by atoms with Crippen molar-refractivity contribution in [3.63, 3.8) is 0 Å². The van der Waals surface area contributed by atoms with Crippen LogP contribution in [0.4, 0.5) is 5.82 Å². The fourth-order valence-electron chi connectivity index (χ4n) is 0.364. The van der Waals surface area contributed by atoms with E-state index in [2.05, 4.69) is 9.97 Å².